The number of nitrogens with one attached hydrogen (secondary N) is 1. The summed E-state index contributed by atoms with van der Waals surface area (Å²) in [6.45, 7) is 4.53. The third kappa shape index (κ3) is 2.50. The molecule has 0 spiro atoms. The Bertz CT molecular complexity index is 592. The summed E-state index contributed by atoms with van der Waals surface area (Å²) in [7, 11) is 1.83. The lowest BCUT2D eigenvalue weighted by Crippen LogP contribution is -2.38. The molecular weight excluding hydrogens is 266 g/mol. The number of thiophene rings is 1. The quantitative estimate of drug-likeness (QED) is 0.899. The summed E-state index contributed by atoms with van der Waals surface area (Å²) in [4.78, 5) is 1.47. The van der Waals surface area contributed by atoms with Crippen LogP contribution in [0.4, 0.5) is 0 Å². The van der Waals surface area contributed by atoms with E-state index in [1.54, 1.807) is 0 Å². The highest BCUT2D eigenvalue weighted by molar-refractivity contribution is 7.19. The number of rotatable bonds is 4. The van der Waals surface area contributed by atoms with E-state index in [1.165, 1.54) is 39.8 Å². The average molecular weight is 289 g/mol. The van der Waals surface area contributed by atoms with Crippen molar-refractivity contribution in [1.29, 1.82) is 0 Å². The van der Waals surface area contributed by atoms with Crippen LogP contribution in [0.5, 0.6) is 0 Å². The maximum Gasteiger partial charge on any atom is 0.0724 e. The predicted octanol–water partition coefficient (Wildman–Crippen LogP) is 4.43. The summed E-state index contributed by atoms with van der Waals surface area (Å²) in [5.74, 6) is 0. The first kappa shape index (κ1) is 14.1. The summed E-state index contributed by atoms with van der Waals surface area (Å²) in [5.41, 5.74) is 1.43. The van der Waals surface area contributed by atoms with Gasteiger partial charge in [-0.3, -0.25) is 0 Å². The molecule has 1 fully saturated rings. The van der Waals surface area contributed by atoms with Gasteiger partial charge in [0.1, 0.15) is 0 Å². The zero-order valence-electron chi connectivity index (χ0n) is 12.5. The third-order valence-corrected chi connectivity index (χ3v) is 5.95. The van der Waals surface area contributed by atoms with E-state index in [0.717, 1.165) is 0 Å². The van der Waals surface area contributed by atoms with Gasteiger partial charge in [0, 0.05) is 28.8 Å². The molecule has 1 saturated carbocycles. The first-order valence-corrected chi connectivity index (χ1v) is 8.29. The first-order valence-electron chi connectivity index (χ1n) is 7.47. The molecule has 1 aromatic carbocycles. The number of ether oxygens (including phenoxy) is 1. The largest absolute Gasteiger partial charge is 0.380 e. The zero-order valence-corrected chi connectivity index (χ0v) is 13.3. The molecule has 108 valence electrons. The van der Waals surface area contributed by atoms with Crippen LogP contribution >= 0.6 is 11.3 Å². The Morgan fingerprint density at radius 1 is 1.30 bits per heavy atom. The van der Waals surface area contributed by atoms with Crippen LogP contribution in [-0.4, -0.2) is 19.3 Å². The fourth-order valence-electron chi connectivity index (χ4n) is 3.40. The van der Waals surface area contributed by atoms with E-state index in [0.29, 0.717) is 18.2 Å². The lowest BCUT2D eigenvalue weighted by molar-refractivity contribution is 0.0821. The van der Waals surface area contributed by atoms with Crippen LogP contribution in [0.2, 0.25) is 0 Å². The molecule has 1 aliphatic rings. The Morgan fingerprint density at radius 3 is 2.85 bits per heavy atom. The third-order valence-electron chi connectivity index (χ3n) is 4.49. The maximum atomic E-state index is 5.59. The zero-order chi connectivity index (χ0) is 14.1. The van der Waals surface area contributed by atoms with Gasteiger partial charge in [-0.15, -0.1) is 11.3 Å². The molecule has 3 heteroatoms. The number of methoxy groups -OCH3 is 1. The number of hydrogen-bond acceptors (Lipinski definition) is 3. The van der Waals surface area contributed by atoms with Crippen LogP contribution < -0.4 is 5.32 Å². The molecule has 20 heavy (non-hydrogen) atoms. The highest BCUT2D eigenvalue weighted by atomic mass is 32.1. The van der Waals surface area contributed by atoms with E-state index < -0.39 is 0 Å². The van der Waals surface area contributed by atoms with E-state index in [1.807, 2.05) is 18.4 Å². The minimum Gasteiger partial charge on any atom is -0.380 e. The van der Waals surface area contributed by atoms with E-state index in [9.17, 15) is 0 Å². The second-order valence-electron chi connectivity index (χ2n) is 5.79. The van der Waals surface area contributed by atoms with Crippen molar-refractivity contribution in [3.8, 4) is 0 Å². The fraction of sp³-hybridized carbons (Fsp3) is 0.529. The molecule has 1 heterocycles. The standard InChI is InChI=1S/C17H23NOS/c1-11-13-7-4-5-10-16(13)20-17(11)12(2)18-14-8-6-9-15(14)19-3/h4-5,7,10,12,14-15,18H,6,8-9H2,1-3H3. The number of hydrogen-bond donors (Lipinski definition) is 1. The molecule has 2 aromatic rings. The molecular formula is C17H23NOS. The van der Waals surface area contributed by atoms with Crippen molar-refractivity contribution in [3.63, 3.8) is 0 Å². The van der Waals surface area contributed by atoms with E-state index in [2.05, 4.69) is 43.4 Å². The van der Waals surface area contributed by atoms with Crippen molar-refractivity contribution in [2.45, 2.75) is 51.3 Å². The molecule has 3 atom stereocenters. The number of fused-ring (bicyclic) bond motifs is 1. The van der Waals surface area contributed by atoms with Crippen LogP contribution in [0.1, 0.15) is 42.7 Å². The van der Waals surface area contributed by atoms with Crippen molar-refractivity contribution in [1.82, 2.24) is 5.32 Å². The van der Waals surface area contributed by atoms with Gasteiger partial charge in [0.2, 0.25) is 0 Å². The van der Waals surface area contributed by atoms with Gasteiger partial charge in [-0.25, -0.2) is 0 Å². The SMILES string of the molecule is COC1CCCC1NC(C)c1sc2ccccc2c1C. The number of benzene rings is 1. The molecule has 0 amide bonds. The van der Waals surface area contributed by atoms with Crippen molar-refractivity contribution in [2.75, 3.05) is 7.11 Å². The Hall–Kier alpha value is -0.900. The predicted molar refractivity (Wildman–Crippen MR) is 86.5 cm³/mol. The molecule has 2 nitrogen and oxygen atoms in total. The lowest BCUT2D eigenvalue weighted by Gasteiger charge is -2.24. The molecule has 0 saturated heterocycles. The summed E-state index contributed by atoms with van der Waals surface area (Å²) < 4.78 is 6.98. The van der Waals surface area contributed by atoms with Crippen LogP contribution in [0.25, 0.3) is 10.1 Å². The Labute approximate surface area is 125 Å². The average Bonchev–Trinajstić information content (AvgIpc) is 3.04. The smallest absolute Gasteiger partial charge is 0.0724 e. The van der Waals surface area contributed by atoms with Gasteiger partial charge in [-0.05, 0) is 50.1 Å². The van der Waals surface area contributed by atoms with E-state index >= 15 is 0 Å². The normalized spacial score (nSPS) is 24.4. The maximum absolute atomic E-state index is 5.59. The summed E-state index contributed by atoms with van der Waals surface area (Å²) in [5, 5.41) is 5.18. The second-order valence-corrected chi connectivity index (χ2v) is 6.87. The van der Waals surface area contributed by atoms with Crippen molar-refractivity contribution in [2.24, 2.45) is 0 Å². The molecule has 1 aliphatic carbocycles. The van der Waals surface area contributed by atoms with Gasteiger partial charge in [0.15, 0.2) is 0 Å². The van der Waals surface area contributed by atoms with Crippen molar-refractivity contribution in [3.05, 3.63) is 34.7 Å². The van der Waals surface area contributed by atoms with Gasteiger partial charge in [-0.1, -0.05) is 18.2 Å². The minimum atomic E-state index is 0.382. The van der Waals surface area contributed by atoms with Gasteiger partial charge >= 0.3 is 0 Å². The fourth-order valence-corrected chi connectivity index (χ4v) is 4.62. The van der Waals surface area contributed by atoms with Crippen LogP contribution in [-0.2, 0) is 4.74 Å². The minimum absolute atomic E-state index is 0.382. The Kier molecular flexibility index (Phi) is 4.11. The highest BCUT2D eigenvalue weighted by Crippen LogP contribution is 2.35. The van der Waals surface area contributed by atoms with Gasteiger partial charge < -0.3 is 10.1 Å². The molecule has 1 N–H and O–H groups in total. The van der Waals surface area contributed by atoms with Gasteiger partial charge in [-0.2, -0.15) is 0 Å². The van der Waals surface area contributed by atoms with Gasteiger partial charge in [0.05, 0.1) is 6.10 Å². The van der Waals surface area contributed by atoms with Gasteiger partial charge in [0.25, 0.3) is 0 Å². The van der Waals surface area contributed by atoms with E-state index in [-0.39, 0.29) is 0 Å². The number of aryl methyl sites for hydroxylation is 1. The summed E-state index contributed by atoms with van der Waals surface area (Å²) in [6, 6.07) is 9.59. The molecule has 0 radical (unpaired) electrons. The Morgan fingerprint density at radius 2 is 2.10 bits per heavy atom. The summed E-state index contributed by atoms with van der Waals surface area (Å²) in [6.07, 6.45) is 4.07. The molecule has 0 bridgehead atoms. The highest BCUT2D eigenvalue weighted by Gasteiger charge is 2.29. The monoisotopic (exact) mass is 289 g/mol. The second kappa shape index (κ2) is 5.84. The van der Waals surface area contributed by atoms with Crippen LogP contribution in [0, 0.1) is 6.92 Å². The summed E-state index contributed by atoms with van der Waals surface area (Å²) >= 11 is 1.92. The topological polar surface area (TPSA) is 21.3 Å². The molecule has 3 rings (SSSR count). The molecule has 0 aliphatic heterocycles. The molecule has 3 unspecified atom stereocenters. The van der Waals surface area contributed by atoms with Crippen LogP contribution in [0.15, 0.2) is 24.3 Å². The Balaban J connectivity index is 1.82. The van der Waals surface area contributed by atoms with E-state index in [4.69, 9.17) is 4.74 Å². The van der Waals surface area contributed by atoms with Crippen LogP contribution in [0.3, 0.4) is 0 Å². The van der Waals surface area contributed by atoms with Crippen molar-refractivity contribution < 1.29 is 4.74 Å². The first-order chi connectivity index (χ1) is 9.70. The lowest BCUT2D eigenvalue weighted by atomic mass is 10.1. The van der Waals surface area contributed by atoms with Crippen molar-refractivity contribution >= 4 is 21.4 Å². The molecule has 1 aromatic heterocycles.